The zero-order chi connectivity index (χ0) is 12.7. The Balaban J connectivity index is 2.94. The summed E-state index contributed by atoms with van der Waals surface area (Å²) in [7, 11) is 3.51. The quantitative estimate of drug-likeness (QED) is 0.793. The lowest BCUT2D eigenvalue weighted by Crippen LogP contribution is -2.16. The Labute approximate surface area is 110 Å². The van der Waals surface area contributed by atoms with Crippen molar-refractivity contribution < 1.29 is 9.90 Å². The number of pyridine rings is 1. The monoisotopic (exact) mass is 266 g/mol. The van der Waals surface area contributed by atoms with E-state index in [2.05, 4.69) is 0 Å². The summed E-state index contributed by atoms with van der Waals surface area (Å²) in [5, 5.41) is 10.0. The first kappa shape index (κ1) is 12.2. The molecule has 0 spiro atoms. The van der Waals surface area contributed by atoms with Gasteiger partial charge in [0.05, 0.1) is 0 Å². The van der Waals surface area contributed by atoms with Gasteiger partial charge >= 0.3 is 22.5 Å². The van der Waals surface area contributed by atoms with Crippen LogP contribution in [-0.2, 0) is 7.05 Å². The van der Waals surface area contributed by atoms with Gasteiger partial charge in [-0.15, -0.1) is 11.3 Å². The van der Waals surface area contributed by atoms with Crippen molar-refractivity contribution in [3.63, 3.8) is 0 Å². The Bertz CT molecular complexity index is 659. The zero-order valence-corrected chi connectivity index (χ0v) is 12.5. The van der Waals surface area contributed by atoms with Crippen LogP contribution in [-0.4, -0.2) is 39.2 Å². The number of aromatic nitrogens is 1. The number of aryl methyl sites for hydroxylation is 1. The molecular weight excluding hydrogens is 255 g/mol. The molecule has 2 rings (SSSR count). The summed E-state index contributed by atoms with van der Waals surface area (Å²) in [6.45, 7) is 0. The molecule has 0 fully saturated rings. The maximum atomic E-state index is 11.5. The topological polar surface area (TPSA) is 62.5 Å². The lowest BCUT2D eigenvalue weighted by molar-refractivity contribution is 0.0703. The number of hydrogen-bond donors (Lipinski definition) is 1. The summed E-state index contributed by atoms with van der Waals surface area (Å²) in [4.78, 5) is 23.7. The summed E-state index contributed by atoms with van der Waals surface area (Å²) in [6.07, 6.45) is 0. The van der Waals surface area contributed by atoms with Crippen LogP contribution in [0.25, 0.3) is 10.2 Å². The molecule has 0 radical (unpaired) electrons. The van der Waals surface area contributed by atoms with Crippen LogP contribution in [0.3, 0.4) is 0 Å². The SMILES string of the molecule is C[N]([AlH2])c1c(C(=O)O)sc2c1ccc(=O)n2C. The summed E-state index contributed by atoms with van der Waals surface area (Å²) in [5.74, 6) is -0.948. The minimum Gasteiger partial charge on any atom is -0.477 e. The molecule has 88 valence electrons. The van der Waals surface area contributed by atoms with E-state index in [-0.39, 0.29) is 5.56 Å². The Morgan fingerprint density at radius 1 is 1.53 bits per heavy atom. The Morgan fingerprint density at radius 2 is 2.18 bits per heavy atom. The van der Waals surface area contributed by atoms with E-state index in [4.69, 9.17) is 0 Å². The van der Waals surface area contributed by atoms with Gasteiger partial charge in [-0.3, -0.25) is 4.79 Å². The van der Waals surface area contributed by atoms with E-state index in [0.29, 0.717) is 15.4 Å². The molecule has 7 heteroatoms. The van der Waals surface area contributed by atoms with E-state index >= 15 is 0 Å². The predicted molar refractivity (Wildman–Crippen MR) is 71.0 cm³/mol. The molecule has 5 nitrogen and oxygen atoms in total. The van der Waals surface area contributed by atoms with Crippen LogP contribution in [0.1, 0.15) is 9.67 Å². The average molecular weight is 266 g/mol. The maximum absolute atomic E-state index is 11.5. The van der Waals surface area contributed by atoms with Gasteiger partial charge in [0.2, 0.25) is 0 Å². The van der Waals surface area contributed by atoms with Gasteiger partial charge < -0.3 is 13.6 Å². The third-order valence-electron chi connectivity index (χ3n) is 2.57. The van der Waals surface area contributed by atoms with Gasteiger partial charge in [0, 0.05) is 24.2 Å². The largest absolute Gasteiger partial charge is 0.477 e. The number of hydrogen-bond acceptors (Lipinski definition) is 4. The van der Waals surface area contributed by atoms with Crippen LogP contribution in [0.5, 0.6) is 0 Å². The van der Waals surface area contributed by atoms with Crippen molar-refractivity contribution in [1.29, 1.82) is 0 Å². The summed E-state index contributed by atoms with van der Waals surface area (Å²) < 4.78 is 3.38. The third-order valence-corrected chi connectivity index (χ3v) is 4.28. The molecule has 17 heavy (non-hydrogen) atoms. The highest BCUT2D eigenvalue weighted by Crippen LogP contribution is 2.36. The maximum Gasteiger partial charge on any atom is 0.363 e. The van der Waals surface area contributed by atoms with Gasteiger partial charge in [0.25, 0.3) is 5.56 Å². The number of anilines is 1. The number of carboxylic acid groups (broad SMARTS) is 1. The van der Waals surface area contributed by atoms with Crippen LogP contribution in [0.4, 0.5) is 5.69 Å². The summed E-state index contributed by atoms with van der Waals surface area (Å²) in [6, 6.07) is 3.17. The Morgan fingerprint density at radius 3 is 2.71 bits per heavy atom. The smallest absolute Gasteiger partial charge is 0.363 e. The fourth-order valence-electron chi connectivity index (χ4n) is 1.78. The van der Waals surface area contributed by atoms with Crippen molar-refractivity contribution in [2.45, 2.75) is 0 Å². The van der Waals surface area contributed by atoms with Crippen LogP contribution >= 0.6 is 11.3 Å². The van der Waals surface area contributed by atoms with Crippen molar-refractivity contribution in [2.75, 3.05) is 10.9 Å². The minimum atomic E-state index is -0.948. The molecule has 0 bridgehead atoms. The molecule has 0 atom stereocenters. The van der Waals surface area contributed by atoms with Crippen molar-refractivity contribution in [2.24, 2.45) is 7.05 Å². The zero-order valence-electron chi connectivity index (χ0n) is 9.72. The number of aromatic carboxylic acids is 1. The lowest BCUT2D eigenvalue weighted by Gasteiger charge is -2.14. The fraction of sp³-hybridized carbons (Fsp3) is 0.200. The number of carboxylic acids is 1. The highest BCUT2D eigenvalue weighted by Gasteiger charge is 2.20. The van der Waals surface area contributed by atoms with Crippen molar-refractivity contribution in [1.82, 2.24) is 4.57 Å². The summed E-state index contributed by atoms with van der Waals surface area (Å²) >= 11 is 1.87. The van der Waals surface area contributed by atoms with Crippen LogP contribution in [0, 0.1) is 0 Å². The van der Waals surface area contributed by atoms with E-state index < -0.39 is 5.97 Å². The van der Waals surface area contributed by atoms with E-state index in [9.17, 15) is 14.7 Å². The summed E-state index contributed by atoms with van der Waals surface area (Å²) in [5.41, 5.74) is 0.581. The Kier molecular flexibility index (Phi) is 3.00. The minimum absolute atomic E-state index is 0.127. The predicted octanol–water partition coefficient (Wildman–Crippen LogP) is 0.283. The van der Waals surface area contributed by atoms with E-state index in [1.807, 2.05) is 10.9 Å². The number of thiophene rings is 1. The van der Waals surface area contributed by atoms with Gasteiger partial charge in [0.1, 0.15) is 9.71 Å². The van der Waals surface area contributed by atoms with Crippen LogP contribution < -0.4 is 9.44 Å². The van der Waals surface area contributed by atoms with Gasteiger partial charge in [-0.25, -0.2) is 4.79 Å². The van der Waals surface area contributed by atoms with Crippen LogP contribution in [0.2, 0.25) is 0 Å². The molecular formula is C10H11AlN2O3S. The molecule has 2 aromatic rings. The molecule has 0 aliphatic rings. The number of nitrogens with zero attached hydrogens (tertiary/aromatic N) is 2. The number of fused-ring (bicyclic) bond motifs is 1. The standard InChI is InChI=1S/C10H9N2O3S.Al.2H/c1-11-7-5-3-4-6(13)12(2)9(5)16-8(7)10(14)15;;;/h3-4H,1-2H3,(H,14,15);;;/q-1;+1;;. The third kappa shape index (κ3) is 1.86. The molecule has 2 aromatic heterocycles. The first-order valence-electron chi connectivity index (χ1n) is 4.96. The van der Waals surface area contributed by atoms with Crippen LogP contribution in [0.15, 0.2) is 16.9 Å². The Hall–Kier alpha value is -1.29. The number of rotatable bonds is 2. The van der Waals surface area contributed by atoms with Gasteiger partial charge in [-0.05, 0) is 13.1 Å². The fourth-order valence-corrected chi connectivity index (χ4v) is 3.58. The second-order valence-electron chi connectivity index (χ2n) is 3.93. The molecule has 0 amide bonds. The van der Waals surface area contributed by atoms with Gasteiger partial charge in [-0.1, -0.05) is 0 Å². The van der Waals surface area contributed by atoms with E-state index in [0.717, 1.165) is 33.2 Å². The molecule has 1 N–H and O–H groups in total. The van der Waals surface area contributed by atoms with Crippen molar-refractivity contribution >= 4 is 49.7 Å². The molecule has 0 saturated carbocycles. The molecule has 0 unspecified atom stereocenters. The average Bonchev–Trinajstić information content (AvgIpc) is 2.63. The molecule has 0 aliphatic carbocycles. The van der Waals surface area contributed by atoms with Gasteiger partial charge in [-0.2, -0.15) is 0 Å². The normalized spacial score (nSPS) is 10.7. The van der Waals surface area contributed by atoms with Crippen molar-refractivity contribution in [3.05, 3.63) is 27.4 Å². The second-order valence-corrected chi connectivity index (χ2v) is 6.27. The molecule has 0 saturated heterocycles. The lowest BCUT2D eigenvalue weighted by atomic mass is 10.2. The highest BCUT2D eigenvalue weighted by atomic mass is 32.1. The number of carbonyl (C=O) groups is 1. The molecule has 0 aromatic carbocycles. The van der Waals surface area contributed by atoms with E-state index in [1.54, 1.807) is 13.1 Å². The van der Waals surface area contributed by atoms with Gasteiger partial charge in [0.15, 0.2) is 0 Å². The first-order valence-corrected chi connectivity index (χ1v) is 6.67. The van der Waals surface area contributed by atoms with Crippen molar-refractivity contribution in [3.8, 4) is 0 Å². The first-order chi connectivity index (χ1) is 7.93. The second kappa shape index (κ2) is 4.18. The molecule has 0 aliphatic heterocycles. The highest BCUT2D eigenvalue weighted by molar-refractivity contribution is 7.21. The molecule has 2 heterocycles. The van der Waals surface area contributed by atoms with E-state index in [1.165, 1.54) is 10.6 Å².